The zero-order chi connectivity index (χ0) is 10.9. The lowest BCUT2D eigenvalue weighted by molar-refractivity contribution is 0.0379. The summed E-state index contributed by atoms with van der Waals surface area (Å²) in [5.41, 5.74) is 0.984. The van der Waals surface area contributed by atoms with Crippen molar-refractivity contribution in [1.82, 2.24) is 4.98 Å². The Bertz CT molecular complexity index is 334. The lowest BCUT2D eigenvalue weighted by Gasteiger charge is -2.25. The Labute approximate surface area is 91.4 Å². The zero-order valence-electron chi connectivity index (χ0n) is 9.53. The first-order chi connectivity index (χ1) is 6.99. The minimum Gasteiger partial charge on any atom is -0.390 e. The zero-order valence-corrected chi connectivity index (χ0v) is 9.53. The van der Waals surface area contributed by atoms with Crippen molar-refractivity contribution >= 4 is 0 Å². The number of hydrogen-bond acceptors (Lipinski definition) is 2. The van der Waals surface area contributed by atoms with Gasteiger partial charge in [-0.3, -0.25) is 4.98 Å². The van der Waals surface area contributed by atoms with Gasteiger partial charge in [0, 0.05) is 18.8 Å². The molecule has 0 amide bonds. The molecule has 0 saturated heterocycles. The molecule has 1 unspecified atom stereocenters. The van der Waals surface area contributed by atoms with Crippen molar-refractivity contribution in [1.29, 1.82) is 0 Å². The highest BCUT2D eigenvalue weighted by atomic mass is 16.3. The predicted molar refractivity (Wildman–Crippen MR) is 60.5 cm³/mol. The molecule has 1 heterocycles. The largest absolute Gasteiger partial charge is 0.390 e. The van der Waals surface area contributed by atoms with Gasteiger partial charge >= 0.3 is 0 Å². The quantitative estimate of drug-likeness (QED) is 0.805. The van der Waals surface area contributed by atoms with Crippen LogP contribution in [0.2, 0.25) is 0 Å². The van der Waals surface area contributed by atoms with Crippen LogP contribution in [0, 0.1) is 5.41 Å². The average Bonchev–Trinajstić information content (AvgIpc) is 2.42. The monoisotopic (exact) mass is 205 g/mol. The second kappa shape index (κ2) is 3.60. The van der Waals surface area contributed by atoms with E-state index >= 15 is 0 Å². The molecule has 1 fully saturated rings. The van der Waals surface area contributed by atoms with Gasteiger partial charge in [-0.05, 0) is 42.4 Å². The van der Waals surface area contributed by atoms with Gasteiger partial charge in [0.1, 0.15) is 0 Å². The van der Waals surface area contributed by atoms with Gasteiger partial charge in [-0.25, -0.2) is 0 Å². The molecule has 1 N–H and O–H groups in total. The van der Waals surface area contributed by atoms with E-state index in [1.165, 1.54) is 5.56 Å². The van der Waals surface area contributed by atoms with Gasteiger partial charge < -0.3 is 5.11 Å². The summed E-state index contributed by atoms with van der Waals surface area (Å²) in [5, 5.41) is 10.5. The first kappa shape index (κ1) is 10.6. The molecule has 82 valence electrons. The van der Waals surface area contributed by atoms with Crippen molar-refractivity contribution in [3.63, 3.8) is 0 Å². The van der Waals surface area contributed by atoms with Gasteiger partial charge in [-0.1, -0.05) is 13.8 Å². The SMILES string of the molecule is CC1(C)CCC(O)(Cc2ccncc2)C1. The molecule has 0 aromatic carbocycles. The van der Waals surface area contributed by atoms with Crippen LogP contribution in [0.25, 0.3) is 0 Å². The van der Waals surface area contributed by atoms with E-state index < -0.39 is 5.60 Å². The standard InChI is InChI=1S/C13H19NO/c1-12(2)5-6-13(15,10-12)9-11-3-7-14-8-4-11/h3-4,7-8,15H,5-6,9-10H2,1-2H3. The molecule has 2 heteroatoms. The third-order valence-corrected chi connectivity index (χ3v) is 3.36. The van der Waals surface area contributed by atoms with E-state index in [4.69, 9.17) is 0 Å². The van der Waals surface area contributed by atoms with Gasteiger partial charge in [-0.2, -0.15) is 0 Å². The fraction of sp³-hybridized carbons (Fsp3) is 0.615. The molecule has 0 aliphatic heterocycles. The summed E-state index contributed by atoms with van der Waals surface area (Å²) in [6.45, 7) is 4.47. The second-order valence-corrected chi connectivity index (χ2v) is 5.60. The first-order valence-corrected chi connectivity index (χ1v) is 5.61. The number of pyridine rings is 1. The van der Waals surface area contributed by atoms with Gasteiger partial charge in [0.15, 0.2) is 0 Å². The van der Waals surface area contributed by atoms with Crippen LogP contribution >= 0.6 is 0 Å². The molecule has 1 saturated carbocycles. The fourth-order valence-electron chi connectivity index (χ4n) is 2.67. The topological polar surface area (TPSA) is 33.1 Å². The summed E-state index contributed by atoms with van der Waals surface area (Å²) in [7, 11) is 0. The van der Waals surface area contributed by atoms with E-state index in [0.717, 1.165) is 25.7 Å². The van der Waals surface area contributed by atoms with E-state index in [1.54, 1.807) is 12.4 Å². The van der Waals surface area contributed by atoms with E-state index in [9.17, 15) is 5.11 Å². The minimum absolute atomic E-state index is 0.293. The molecule has 0 radical (unpaired) electrons. The van der Waals surface area contributed by atoms with Crippen LogP contribution in [0.1, 0.15) is 38.7 Å². The summed E-state index contributed by atoms with van der Waals surface area (Å²) < 4.78 is 0. The molecular weight excluding hydrogens is 186 g/mol. The summed E-state index contributed by atoms with van der Waals surface area (Å²) in [6.07, 6.45) is 7.29. The van der Waals surface area contributed by atoms with Crippen LogP contribution in [-0.4, -0.2) is 15.7 Å². The lowest BCUT2D eigenvalue weighted by atomic mass is 9.86. The van der Waals surface area contributed by atoms with Crippen LogP contribution in [0.15, 0.2) is 24.5 Å². The van der Waals surface area contributed by atoms with Crippen molar-refractivity contribution < 1.29 is 5.11 Å². The third-order valence-electron chi connectivity index (χ3n) is 3.36. The smallest absolute Gasteiger partial charge is 0.0693 e. The van der Waals surface area contributed by atoms with Gasteiger partial charge in [0.2, 0.25) is 0 Å². The van der Waals surface area contributed by atoms with Crippen molar-refractivity contribution in [3.05, 3.63) is 30.1 Å². The number of aliphatic hydroxyl groups is 1. The number of aromatic nitrogens is 1. The Kier molecular flexibility index (Phi) is 2.55. The molecule has 2 nitrogen and oxygen atoms in total. The molecule has 1 aromatic heterocycles. The Morgan fingerprint density at radius 3 is 2.47 bits per heavy atom. The maximum absolute atomic E-state index is 10.5. The third kappa shape index (κ3) is 2.57. The second-order valence-electron chi connectivity index (χ2n) is 5.60. The Morgan fingerprint density at radius 2 is 1.93 bits per heavy atom. The molecule has 1 aliphatic rings. The number of hydrogen-bond donors (Lipinski definition) is 1. The molecule has 1 aromatic rings. The Hall–Kier alpha value is -0.890. The number of nitrogens with zero attached hydrogens (tertiary/aromatic N) is 1. The average molecular weight is 205 g/mol. The minimum atomic E-state index is -0.495. The molecule has 1 aliphatic carbocycles. The van der Waals surface area contributed by atoms with Crippen LogP contribution in [0.5, 0.6) is 0 Å². The summed E-state index contributed by atoms with van der Waals surface area (Å²) in [5.74, 6) is 0. The van der Waals surface area contributed by atoms with Crippen molar-refractivity contribution in [2.45, 2.75) is 45.1 Å². The van der Waals surface area contributed by atoms with Gasteiger partial charge in [0.05, 0.1) is 5.60 Å². The molecule has 15 heavy (non-hydrogen) atoms. The highest BCUT2D eigenvalue weighted by molar-refractivity contribution is 5.14. The van der Waals surface area contributed by atoms with Crippen LogP contribution < -0.4 is 0 Å². The number of rotatable bonds is 2. The highest BCUT2D eigenvalue weighted by Gasteiger charge is 2.41. The van der Waals surface area contributed by atoms with Crippen LogP contribution in [0.4, 0.5) is 0 Å². The predicted octanol–water partition coefficient (Wildman–Crippen LogP) is 2.57. The molecule has 1 atom stereocenters. The van der Waals surface area contributed by atoms with E-state index in [0.29, 0.717) is 5.41 Å². The fourth-order valence-corrected chi connectivity index (χ4v) is 2.67. The highest BCUT2D eigenvalue weighted by Crippen LogP contribution is 2.44. The van der Waals surface area contributed by atoms with Crippen LogP contribution in [0.3, 0.4) is 0 Å². The first-order valence-electron chi connectivity index (χ1n) is 5.61. The molecular formula is C13H19NO. The molecule has 0 bridgehead atoms. The molecule has 2 rings (SSSR count). The van der Waals surface area contributed by atoms with Gasteiger partial charge in [-0.15, -0.1) is 0 Å². The summed E-state index contributed by atoms with van der Waals surface area (Å²) in [6, 6.07) is 3.98. The van der Waals surface area contributed by atoms with Crippen LogP contribution in [-0.2, 0) is 6.42 Å². The van der Waals surface area contributed by atoms with Gasteiger partial charge in [0.25, 0.3) is 0 Å². The summed E-state index contributed by atoms with van der Waals surface area (Å²) in [4.78, 5) is 3.99. The lowest BCUT2D eigenvalue weighted by Crippen LogP contribution is -2.29. The maximum Gasteiger partial charge on any atom is 0.0693 e. The van der Waals surface area contributed by atoms with Crippen molar-refractivity contribution in [2.75, 3.05) is 0 Å². The molecule has 0 spiro atoms. The van der Waals surface area contributed by atoms with E-state index in [1.807, 2.05) is 12.1 Å². The Morgan fingerprint density at radius 1 is 1.27 bits per heavy atom. The Balaban J connectivity index is 2.07. The van der Waals surface area contributed by atoms with Crippen molar-refractivity contribution in [3.8, 4) is 0 Å². The maximum atomic E-state index is 10.5. The summed E-state index contributed by atoms with van der Waals surface area (Å²) >= 11 is 0. The van der Waals surface area contributed by atoms with E-state index in [2.05, 4.69) is 18.8 Å². The van der Waals surface area contributed by atoms with E-state index in [-0.39, 0.29) is 0 Å². The van der Waals surface area contributed by atoms with Crippen molar-refractivity contribution in [2.24, 2.45) is 5.41 Å². The normalized spacial score (nSPS) is 29.3.